The van der Waals surface area contributed by atoms with Gasteiger partial charge in [-0.1, -0.05) is 60.7 Å². The largest absolute Gasteiger partial charge is 0.495 e. The van der Waals surface area contributed by atoms with Crippen molar-refractivity contribution >= 4 is 54.6 Å². The van der Waals surface area contributed by atoms with Crippen LogP contribution in [0.2, 0.25) is 0 Å². The highest BCUT2D eigenvalue weighted by Gasteiger charge is 2.31. The number of ether oxygens (including phenoxy) is 2. The van der Waals surface area contributed by atoms with Crippen molar-refractivity contribution in [1.29, 1.82) is 0 Å². The number of carbonyl (C=O) groups excluding carboxylic acids is 2. The Morgan fingerprint density at radius 2 is 0.861 bits per heavy atom. The van der Waals surface area contributed by atoms with Crippen LogP contribution in [0.15, 0.2) is 165 Å². The summed E-state index contributed by atoms with van der Waals surface area (Å²) in [7, 11) is 0.128. The minimum absolute atomic E-state index is 0.0297. The van der Waals surface area contributed by atoms with Crippen LogP contribution in [-0.2, 0) is 34.1 Å². The first-order chi connectivity index (χ1) is 34.3. The molecule has 20 heteroatoms. The highest BCUT2D eigenvalue weighted by atomic mass is 32.2. The average molecular weight is 1010 g/mol. The van der Waals surface area contributed by atoms with E-state index in [1.807, 2.05) is 12.1 Å². The molecule has 2 heterocycles. The van der Waals surface area contributed by atoms with E-state index in [0.717, 1.165) is 8.61 Å². The lowest BCUT2D eigenvalue weighted by atomic mass is 10.0. The van der Waals surface area contributed by atoms with Crippen LogP contribution in [0.25, 0.3) is 22.5 Å². The fraction of sp³-hybridized carbons (Fsp3) is 0.154. The summed E-state index contributed by atoms with van der Waals surface area (Å²) >= 11 is 0. The van der Waals surface area contributed by atoms with Gasteiger partial charge in [-0.2, -0.15) is 0 Å². The number of nitrogens with zero attached hydrogens (tertiary/aromatic N) is 6. The molecule has 0 atom stereocenters. The summed E-state index contributed by atoms with van der Waals surface area (Å²) < 4.78 is 75.1. The van der Waals surface area contributed by atoms with Crippen LogP contribution in [0.4, 0.5) is 22.7 Å². The van der Waals surface area contributed by atoms with E-state index in [9.17, 15) is 36.0 Å². The van der Waals surface area contributed by atoms with Crippen molar-refractivity contribution in [3.63, 3.8) is 0 Å². The van der Waals surface area contributed by atoms with Crippen LogP contribution in [-0.4, -0.2) is 75.7 Å². The summed E-state index contributed by atoms with van der Waals surface area (Å²) in [5, 5.41) is 5.59. The Hall–Kier alpha value is -8.62. The van der Waals surface area contributed by atoms with E-state index >= 15 is 0 Å². The van der Waals surface area contributed by atoms with E-state index in [2.05, 4.69) is 10.6 Å². The van der Waals surface area contributed by atoms with E-state index < -0.39 is 43.0 Å². The molecule has 0 aliphatic heterocycles. The normalized spacial score (nSPS) is 11.5. The maximum absolute atomic E-state index is 14.0. The predicted octanol–water partition coefficient (Wildman–Crippen LogP) is 7.12. The third kappa shape index (κ3) is 9.03. The molecule has 0 aliphatic carbocycles. The van der Waals surface area contributed by atoms with Gasteiger partial charge in [0.2, 0.25) is 0 Å². The fourth-order valence-electron chi connectivity index (χ4n) is 8.32. The molecule has 8 rings (SSSR count). The molecule has 0 saturated heterocycles. The first-order valence-corrected chi connectivity index (χ1v) is 25.0. The molecular formula is C52H50N8O10S2. The molecule has 6 aromatic carbocycles. The Bertz CT molecular complexity index is 3520. The summed E-state index contributed by atoms with van der Waals surface area (Å²) in [5.41, 5.74) is 2.72. The van der Waals surface area contributed by atoms with E-state index in [0.29, 0.717) is 33.9 Å². The second-order valence-corrected chi connectivity index (χ2v) is 20.5. The molecule has 2 aromatic heterocycles. The van der Waals surface area contributed by atoms with E-state index in [1.54, 1.807) is 122 Å². The number of para-hydroxylation sites is 2. The number of amides is 2. The molecule has 0 saturated carbocycles. The standard InChI is InChI=1S/C52H50N8O10S2/c1-33-47(51(63)59(55(33)3)39-19-11-9-12-20-39)57(5)71(65,66)41-23-15-17-37(29-41)49(61)53-43-27-25-35(31-45(43)69-7)36-26-28-44(46(32-36)70-8)54-50(62)38-18-16-24-42(30-38)72(67,68)58(6)48-34(2)56(4)60(52(48)64)40-21-13-10-14-22-40/h9-32H,1-8H3,(H,53,61)(H,54,62). The molecule has 370 valence electrons. The third-order valence-corrected chi connectivity index (χ3v) is 15.9. The van der Waals surface area contributed by atoms with Gasteiger partial charge in [0.15, 0.2) is 0 Å². The smallest absolute Gasteiger partial charge is 0.296 e. The Morgan fingerprint density at radius 1 is 0.500 bits per heavy atom. The van der Waals surface area contributed by atoms with Crippen molar-refractivity contribution in [1.82, 2.24) is 18.7 Å². The molecule has 0 unspecified atom stereocenters. The maximum Gasteiger partial charge on any atom is 0.296 e. The molecule has 2 N–H and O–H groups in total. The van der Waals surface area contributed by atoms with Crippen molar-refractivity contribution in [2.24, 2.45) is 14.1 Å². The molecular weight excluding hydrogens is 961 g/mol. The number of hydrogen-bond donors (Lipinski definition) is 2. The van der Waals surface area contributed by atoms with Crippen LogP contribution in [0, 0.1) is 13.8 Å². The van der Waals surface area contributed by atoms with Gasteiger partial charge in [0, 0.05) is 39.3 Å². The number of methoxy groups -OCH3 is 2. The number of hydrogen-bond acceptors (Lipinski definition) is 10. The van der Waals surface area contributed by atoms with Crippen LogP contribution in [0.1, 0.15) is 32.1 Å². The number of sulfonamides is 2. The molecule has 0 bridgehead atoms. The number of carbonyl (C=O) groups is 2. The SMILES string of the molecule is COc1cc(-c2ccc(NC(=O)c3cccc(S(=O)(=O)N(C)c4c(C)n(C)n(-c5ccccc5)c4=O)c3)c(OC)c2)ccc1NC(=O)c1cccc(S(=O)(=O)N(C)c2c(C)n(C)n(-c3ccccc3)c2=O)c1. The van der Waals surface area contributed by atoms with Gasteiger partial charge in [0.05, 0.1) is 58.1 Å². The van der Waals surface area contributed by atoms with Gasteiger partial charge in [-0.3, -0.25) is 37.2 Å². The van der Waals surface area contributed by atoms with Gasteiger partial charge in [-0.05, 0) is 110 Å². The second-order valence-electron chi connectivity index (χ2n) is 16.6. The van der Waals surface area contributed by atoms with Crippen LogP contribution >= 0.6 is 0 Å². The first kappa shape index (κ1) is 49.8. The molecule has 2 amide bonds. The Balaban J connectivity index is 0.975. The monoisotopic (exact) mass is 1010 g/mol. The van der Waals surface area contributed by atoms with Crippen molar-refractivity contribution in [3.05, 3.63) is 189 Å². The Labute approximate surface area is 415 Å². The lowest BCUT2D eigenvalue weighted by molar-refractivity contribution is 0.101. The quantitative estimate of drug-likeness (QED) is 0.106. The highest BCUT2D eigenvalue weighted by molar-refractivity contribution is 7.93. The molecule has 0 fully saturated rings. The molecule has 72 heavy (non-hydrogen) atoms. The molecule has 0 aliphatic rings. The van der Waals surface area contributed by atoms with Crippen LogP contribution in [0.3, 0.4) is 0 Å². The Morgan fingerprint density at radius 3 is 1.21 bits per heavy atom. The van der Waals surface area contributed by atoms with Gasteiger partial charge < -0.3 is 20.1 Å². The topological polar surface area (TPSA) is 205 Å². The lowest BCUT2D eigenvalue weighted by Gasteiger charge is -2.19. The highest BCUT2D eigenvalue weighted by Crippen LogP contribution is 2.36. The summed E-state index contributed by atoms with van der Waals surface area (Å²) in [6.45, 7) is 3.30. The zero-order valence-corrected chi connectivity index (χ0v) is 42.1. The fourth-order valence-corrected chi connectivity index (χ4v) is 10.9. The van der Waals surface area contributed by atoms with Crippen molar-refractivity contribution in [2.45, 2.75) is 23.6 Å². The summed E-state index contributed by atoms with van der Waals surface area (Å²) in [4.78, 5) is 54.3. The number of anilines is 4. The first-order valence-electron chi connectivity index (χ1n) is 22.1. The minimum Gasteiger partial charge on any atom is -0.495 e. The number of nitrogens with one attached hydrogen (secondary N) is 2. The maximum atomic E-state index is 14.0. The number of rotatable bonds is 15. The Kier molecular flexibility index (Phi) is 13.6. The van der Waals surface area contributed by atoms with Gasteiger partial charge in [-0.25, -0.2) is 26.2 Å². The van der Waals surface area contributed by atoms with Crippen molar-refractivity contribution in [2.75, 3.05) is 47.6 Å². The molecule has 18 nitrogen and oxygen atoms in total. The molecule has 8 aromatic rings. The zero-order chi connectivity index (χ0) is 51.8. The van der Waals surface area contributed by atoms with Gasteiger partial charge in [0.1, 0.15) is 22.9 Å². The molecule has 0 spiro atoms. The number of aromatic nitrogens is 4. The molecule has 0 radical (unpaired) electrons. The zero-order valence-electron chi connectivity index (χ0n) is 40.4. The third-order valence-electron chi connectivity index (χ3n) is 12.4. The van der Waals surface area contributed by atoms with Crippen molar-refractivity contribution in [3.8, 4) is 34.0 Å². The lowest BCUT2D eigenvalue weighted by Crippen LogP contribution is -2.32. The summed E-state index contributed by atoms with van der Waals surface area (Å²) in [6.07, 6.45) is 0. The van der Waals surface area contributed by atoms with Gasteiger partial charge >= 0.3 is 0 Å². The van der Waals surface area contributed by atoms with Crippen LogP contribution < -0.4 is 39.8 Å². The summed E-state index contributed by atoms with van der Waals surface area (Å²) in [5.74, 6) is -0.696. The van der Waals surface area contributed by atoms with E-state index in [1.165, 1.54) is 86.2 Å². The predicted molar refractivity (Wildman–Crippen MR) is 276 cm³/mol. The second kappa shape index (κ2) is 19.6. The van der Waals surface area contributed by atoms with Gasteiger partial charge in [0.25, 0.3) is 43.0 Å². The number of benzene rings is 6. The van der Waals surface area contributed by atoms with Crippen LogP contribution in [0.5, 0.6) is 11.5 Å². The summed E-state index contributed by atoms with van der Waals surface area (Å²) in [6, 6.07) is 38.7. The van der Waals surface area contributed by atoms with E-state index in [-0.39, 0.29) is 55.2 Å². The average Bonchev–Trinajstić information content (AvgIpc) is 3.75. The minimum atomic E-state index is -4.32. The van der Waals surface area contributed by atoms with E-state index in [4.69, 9.17) is 9.47 Å². The van der Waals surface area contributed by atoms with Gasteiger partial charge in [-0.15, -0.1) is 0 Å². The van der Waals surface area contributed by atoms with Crippen molar-refractivity contribution < 1.29 is 35.9 Å².